The van der Waals surface area contributed by atoms with Gasteiger partial charge in [0.1, 0.15) is 0 Å². The predicted octanol–water partition coefficient (Wildman–Crippen LogP) is 4.39. The molecule has 0 bridgehead atoms. The molecule has 3 heterocycles. The Kier molecular flexibility index (Phi) is 8.25. The van der Waals surface area contributed by atoms with Gasteiger partial charge in [-0.1, -0.05) is 54.0 Å². The van der Waals surface area contributed by atoms with Crippen LogP contribution in [0.1, 0.15) is 55.3 Å². The third-order valence-corrected chi connectivity index (χ3v) is 7.35. The van der Waals surface area contributed by atoms with E-state index in [0.29, 0.717) is 54.9 Å². The molecule has 2 aliphatic rings. The maximum atomic E-state index is 13.8. The van der Waals surface area contributed by atoms with Crippen LogP contribution in [0, 0.1) is 0 Å². The number of piperidine rings is 1. The fourth-order valence-electron chi connectivity index (χ4n) is 5.37. The molecule has 2 aromatic carbocycles. The lowest BCUT2D eigenvalue weighted by Gasteiger charge is -2.35. The minimum atomic E-state index is -0.0239. The molecule has 5 rings (SSSR count). The monoisotopic (exact) mass is 501 g/mol. The Morgan fingerprint density at radius 2 is 1.65 bits per heavy atom. The number of nitrogens with zero attached hydrogens (tertiary/aromatic N) is 4. The minimum Gasteiger partial charge on any atom is -0.356 e. The SMILES string of the molecule is O=C1CC2CCCCN2CCCN(C(=O)c2ccccc2-c2nc(-c3ccccc3)no2)CCCCN1. The van der Waals surface area contributed by atoms with Crippen molar-refractivity contribution in [2.45, 2.75) is 51.0 Å². The zero-order chi connectivity index (χ0) is 25.5. The lowest BCUT2D eigenvalue weighted by atomic mass is 9.98. The van der Waals surface area contributed by atoms with Crippen LogP contribution in [0.2, 0.25) is 0 Å². The number of benzene rings is 2. The lowest BCUT2D eigenvalue weighted by molar-refractivity contribution is -0.122. The van der Waals surface area contributed by atoms with Crippen molar-refractivity contribution in [1.29, 1.82) is 0 Å². The highest BCUT2D eigenvalue weighted by atomic mass is 16.5. The smallest absolute Gasteiger partial charge is 0.259 e. The molecule has 0 aliphatic carbocycles. The van der Waals surface area contributed by atoms with Gasteiger partial charge in [0.2, 0.25) is 11.7 Å². The highest BCUT2D eigenvalue weighted by molar-refractivity contribution is 6.00. The van der Waals surface area contributed by atoms with Crippen LogP contribution < -0.4 is 5.32 Å². The molecule has 0 radical (unpaired) electrons. The molecule has 1 unspecified atom stereocenters. The summed E-state index contributed by atoms with van der Waals surface area (Å²) in [6.07, 6.45) is 6.55. The van der Waals surface area contributed by atoms with Gasteiger partial charge in [-0.3, -0.25) is 14.5 Å². The van der Waals surface area contributed by atoms with Crippen LogP contribution in [0.15, 0.2) is 59.1 Å². The Bertz CT molecular complexity index is 1200. The van der Waals surface area contributed by atoms with Crippen molar-refractivity contribution >= 4 is 11.8 Å². The van der Waals surface area contributed by atoms with Crippen molar-refractivity contribution in [2.24, 2.45) is 0 Å². The van der Waals surface area contributed by atoms with E-state index in [2.05, 4.69) is 20.4 Å². The highest BCUT2D eigenvalue weighted by Crippen LogP contribution is 2.27. The van der Waals surface area contributed by atoms with Crippen molar-refractivity contribution in [2.75, 3.05) is 32.7 Å². The summed E-state index contributed by atoms with van der Waals surface area (Å²) in [5, 5.41) is 7.23. The Balaban J connectivity index is 1.34. The summed E-state index contributed by atoms with van der Waals surface area (Å²) in [6, 6.07) is 17.4. The molecule has 0 saturated carbocycles. The highest BCUT2D eigenvalue weighted by Gasteiger charge is 2.26. The summed E-state index contributed by atoms with van der Waals surface area (Å²) in [4.78, 5) is 35.3. The number of nitrogens with one attached hydrogen (secondary N) is 1. The molecule has 2 aliphatic heterocycles. The molecular formula is C29H35N5O3. The van der Waals surface area contributed by atoms with Crippen molar-refractivity contribution in [3.8, 4) is 22.8 Å². The Labute approximate surface area is 218 Å². The molecule has 8 nitrogen and oxygen atoms in total. The number of rotatable bonds is 3. The molecule has 194 valence electrons. The summed E-state index contributed by atoms with van der Waals surface area (Å²) in [5.41, 5.74) is 2.08. The topological polar surface area (TPSA) is 91.6 Å². The maximum Gasteiger partial charge on any atom is 0.259 e. The molecule has 2 amide bonds. The molecule has 2 fully saturated rings. The molecular weight excluding hydrogens is 466 g/mol. The number of hydrogen-bond donors (Lipinski definition) is 1. The van der Waals surface area contributed by atoms with E-state index in [1.165, 1.54) is 12.8 Å². The second-order valence-electron chi connectivity index (χ2n) is 9.93. The van der Waals surface area contributed by atoms with E-state index in [1.807, 2.05) is 59.5 Å². The zero-order valence-corrected chi connectivity index (χ0v) is 21.3. The maximum absolute atomic E-state index is 13.8. The van der Waals surface area contributed by atoms with Crippen LogP contribution >= 0.6 is 0 Å². The number of amides is 2. The van der Waals surface area contributed by atoms with Gasteiger partial charge in [-0.2, -0.15) is 4.98 Å². The van der Waals surface area contributed by atoms with Crippen LogP contribution in [-0.2, 0) is 4.79 Å². The largest absolute Gasteiger partial charge is 0.356 e. The normalized spacial score (nSPS) is 20.2. The van der Waals surface area contributed by atoms with Gasteiger partial charge in [-0.15, -0.1) is 0 Å². The Morgan fingerprint density at radius 3 is 2.54 bits per heavy atom. The van der Waals surface area contributed by atoms with E-state index in [0.717, 1.165) is 44.3 Å². The standard InChI is InChI=1S/C29H35N5O3/c35-26-21-23-13-6-8-17-33(23)19-10-20-34(18-9-7-16-30-26)29(36)25-15-5-4-14-24(25)28-31-27(32-37-28)22-11-2-1-3-12-22/h1-5,11-12,14-15,23H,6-10,13,16-21H2,(H,30,35). The van der Waals surface area contributed by atoms with E-state index in [9.17, 15) is 9.59 Å². The predicted molar refractivity (Wildman–Crippen MR) is 142 cm³/mol. The Hall–Kier alpha value is -3.52. The molecule has 1 N–H and O–H groups in total. The number of carbonyl (C=O) groups excluding carboxylic acids is 2. The summed E-state index contributed by atoms with van der Waals surface area (Å²) in [7, 11) is 0. The second kappa shape index (κ2) is 12.1. The number of hydrogen-bond acceptors (Lipinski definition) is 6. The van der Waals surface area contributed by atoms with Crippen molar-refractivity contribution in [1.82, 2.24) is 25.3 Å². The molecule has 2 saturated heterocycles. The Morgan fingerprint density at radius 1 is 0.892 bits per heavy atom. The molecule has 1 atom stereocenters. The van der Waals surface area contributed by atoms with Crippen LogP contribution in [0.3, 0.4) is 0 Å². The van der Waals surface area contributed by atoms with E-state index >= 15 is 0 Å². The average molecular weight is 502 g/mol. The van der Waals surface area contributed by atoms with Gasteiger partial charge >= 0.3 is 0 Å². The summed E-state index contributed by atoms with van der Waals surface area (Å²) < 4.78 is 5.60. The van der Waals surface area contributed by atoms with Gasteiger partial charge in [-0.05, 0) is 50.8 Å². The van der Waals surface area contributed by atoms with Crippen LogP contribution in [0.25, 0.3) is 22.8 Å². The van der Waals surface area contributed by atoms with E-state index in [1.54, 1.807) is 0 Å². The van der Waals surface area contributed by atoms with Gasteiger partial charge in [-0.25, -0.2) is 0 Å². The fraction of sp³-hybridized carbons (Fsp3) is 0.448. The quantitative estimate of drug-likeness (QED) is 0.572. The third kappa shape index (κ3) is 6.25. The van der Waals surface area contributed by atoms with Crippen LogP contribution in [-0.4, -0.2) is 70.5 Å². The molecule has 3 aromatic rings. The van der Waals surface area contributed by atoms with E-state index in [-0.39, 0.29) is 11.8 Å². The number of fused-ring (bicyclic) bond motifs is 1. The summed E-state index contributed by atoms with van der Waals surface area (Å²) >= 11 is 0. The average Bonchev–Trinajstić information content (AvgIpc) is 3.43. The summed E-state index contributed by atoms with van der Waals surface area (Å²) in [6.45, 7) is 3.89. The fourth-order valence-corrected chi connectivity index (χ4v) is 5.37. The van der Waals surface area contributed by atoms with Gasteiger partial charge in [0.25, 0.3) is 11.8 Å². The van der Waals surface area contributed by atoms with Crippen molar-refractivity contribution in [3.05, 3.63) is 60.2 Å². The van der Waals surface area contributed by atoms with Crippen molar-refractivity contribution < 1.29 is 14.1 Å². The van der Waals surface area contributed by atoms with Gasteiger partial charge in [0.05, 0.1) is 11.1 Å². The first kappa shape index (κ1) is 25.1. The second-order valence-corrected chi connectivity index (χ2v) is 9.93. The lowest BCUT2D eigenvalue weighted by Crippen LogP contribution is -2.44. The van der Waals surface area contributed by atoms with E-state index in [4.69, 9.17) is 4.52 Å². The van der Waals surface area contributed by atoms with Gasteiger partial charge in [0.15, 0.2) is 0 Å². The van der Waals surface area contributed by atoms with E-state index < -0.39 is 0 Å². The molecule has 0 spiro atoms. The molecule has 37 heavy (non-hydrogen) atoms. The first-order valence-corrected chi connectivity index (χ1v) is 13.5. The first-order valence-electron chi connectivity index (χ1n) is 13.5. The zero-order valence-electron chi connectivity index (χ0n) is 21.3. The van der Waals surface area contributed by atoms with Crippen molar-refractivity contribution in [3.63, 3.8) is 0 Å². The van der Waals surface area contributed by atoms with Gasteiger partial charge < -0.3 is 14.7 Å². The molecule has 1 aromatic heterocycles. The van der Waals surface area contributed by atoms with Crippen LogP contribution in [0.5, 0.6) is 0 Å². The number of carbonyl (C=O) groups is 2. The third-order valence-electron chi connectivity index (χ3n) is 7.35. The minimum absolute atomic E-state index is 0.0239. The summed E-state index contributed by atoms with van der Waals surface area (Å²) in [5.74, 6) is 0.961. The first-order chi connectivity index (χ1) is 18.2. The molecule has 8 heteroatoms. The number of aromatic nitrogens is 2. The van der Waals surface area contributed by atoms with Gasteiger partial charge in [0, 0.05) is 44.2 Å². The van der Waals surface area contributed by atoms with Crippen LogP contribution in [0.4, 0.5) is 0 Å².